The lowest BCUT2D eigenvalue weighted by atomic mass is 10.1. The number of carbonyl (C=O) groups is 1. The maximum absolute atomic E-state index is 12.4. The molecule has 0 unspecified atom stereocenters. The largest absolute Gasteiger partial charge is 0.321 e. The number of amides is 1. The molecule has 2 nitrogen and oxygen atoms in total. The van der Waals surface area contributed by atoms with E-state index in [2.05, 4.69) is 21.2 Å². The molecule has 0 fully saturated rings. The molecule has 3 heteroatoms. The first-order valence-corrected chi connectivity index (χ1v) is 6.92. The van der Waals surface area contributed by atoms with E-state index in [4.69, 9.17) is 0 Å². The molecule has 0 aromatic heterocycles. The Bertz CT molecular complexity index is 614. The summed E-state index contributed by atoms with van der Waals surface area (Å²) in [6.45, 7) is 5.93. The van der Waals surface area contributed by atoms with Gasteiger partial charge in [-0.1, -0.05) is 40.2 Å². The molecule has 0 bridgehead atoms. The average molecular weight is 318 g/mol. The summed E-state index contributed by atoms with van der Waals surface area (Å²) in [7, 11) is 0. The predicted molar refractivity (Wildman–Crippen MR) is 82.7 cm³/mol. The highest BCUT2D eigenvalue weighted by Crippen LogP contribution is 2.22. The van der Waals surface area contributed by atoms with Gasteiger partial charge in [0.2, 0.25) is 0 Å². The van der Waals surface area contributed by atoms with E-state index in [-0.39, 0.29) is 5.91 Å². The van der Waals surface area contributed by atoms with Gasteiger partial charge in [0.25, 0.3) is 5.91 Å². The smallest absolute Gasteiger partial charge is 0.255 e. The van der Waals surface area contributed by atoms with Crippen LogP contribution in [0.3, 0.4) is 0 Å². The van der Waals surface area contributed by atoms with Crippen LogP contribution in [0.1, 0.15) is 27.0 Å². The van der Waals surface area contributed by atoms with Gasteiger partial charge >= 0.3 is 0 Å². The maximum Gasteiger partial charge on any atom is 0.255 e. The summed E-state index contributed by atoms with van der Waals surface area (Å²) in [5.41, 5.74) is 4.69. The number of halogens is 1. The zero-order valence-electron chi connectivity index (χ0n) is 11.3. The van der Waals surface area contributed by atoms with Crippen molar-refractivity contribution in [1.29, 1.82) is 0 Å². The van der Waals surface area contributed by atoms with Crippen LogP contribution < -0.4 is 5.32 Å². The molecule has 2 aromatic carbocycles. The summed E-state index contributed by atoms with van der Waals surface area (Å²) < 4.78 is 0.907. The topological polar surface area (TPSA) is 29.1 Å². The lowest BCUT2D eigenvalue weighted by molar-refractivity contribution is 0.102. The van der Waals surface area contributed by atoms with Crippen molar-refractivity contribution >= 4 is 27.5 Å². The number of hydrogen-bond acceptors (Lipinski definition) is 1. The maximum atomic E-state index is 12.4. The van der Waals surface area contributed by atoms with Crippen LogP contribution in [0.2, 0.25) is 0 Å². The van der Waals surface area contributed by atoms with Crippen molar-refractivity contribution in [2.75, 3.05) is 5.32 Å². The van der Waals surface area contributed by atoms with Gasteiger partial charge < -0.3 is 5.32 Å². The van der Waals surface area contributed by atoms with Gasteiger partial charge in [-0.15, -0.1) is 0 Å². The molecule has 0 aliphatic carbocycles. The molecule has 1 amide bonds. The molecule has 0 heterocycles. The van der Waals surface area contributed by atoms with Crippen molar-refractivity contribution in [2.45, 2.75) is 20.8 Å². The van der Waals surface area contributed by atoms with Crippen LogP contribution >= 0.6 is 15.9 Å². The molecule has 2 rings (SSSR count). The lowest BCUT2D eigenvalue weighted by Gasteiger charge is -2.12. The van der Waals surface area contributed by atoms with E-state index >= 15 is 0 Å². The van der Waals surface area contributed by atoms with Gasteiger partial charge in [-0.2, -0.15) is 0 Å². The fraction of sp³-hybridized carbons (Fsp3) is 0.188. The third-order valence-corrected chi connectivity index (χ3v) is 3.66. The zero-order valence-corrected chi connectivity index (χ0v) is 12.8. The highest BCUT2D eigenvalue weighted by atomic mass is 79.9. The number of hydrogen-bond donors (Lipinski definition) is 1. The molecule has 0 atom stereocenters. The molecular weight excluding hydrogens is 302 g/mol. The fourth-order valence-electron chi connectivity index (χ4n) is 2.03. The summed E-state index contributed by atoms with van der Waals surface area (Å²) in [5.74, 6) is -0.0730. The number of aryl methyl sites for hydroxylation is 3. The zero-order chi connectivity index (χ0) is 14.0. The Hall–Kier alpha value is -1.61. The molecule has 0 radical (unpaired) electrons. The average Bonchev–Trinajstić information content (AvgIpc) is 2.37. The number of rotatable bonds is 2. The minimum absolute atomic E-state index is 0.0730. The van der Waals surface area contributed by atoms with E-state index in [1.54, 1.807) is 0 Å². The molecule has 0 spiro atoms. The van der Waals surface area contributed by atoms with Crippen LogP contribution in [-0.2, 0) is 0 Å². The molecule has 0 saturated carbocycles. The summed E-state index contributed by atoms with van der Waals surface area (Å²) in [6, 6.07) is 11.7. The van der Waals surface area contributed by atoms with Gasteiger partial charge in [0, 0.05) is 15.7 Å². The molecule has 0 aliphatic heterocycles. The van der Waals surface area contributed by atoms with E-state index in [1.807, 2.05) is 57.2 Å². The Morgan fingerprint density at radius 2 is 1.63 bits per heavy atom. The second-order valence-electron chi connectivity index (χ2n) is 4.68. The Labute approximate surface area is 122 Å². The van der Waals surface area contributed by atoms with Gasteiger partial charge in [0.15, 0.2) is 0 Å². The van der Waals surface area contributed by atoms with E-state index in [1.165, 1.54) is 0 Å². The highest BCUT2D eigenvalue weighted by Gasteiger charge is 2.12. The van der Waals surface area contributed by atoms with E-state index in [9.17, 15) is 4.79 Å². The first kappa shape index (κ1) is 13.8. The van der Waals surface area contributed by atoms with Gasteiger partial charge in [-0.25, -0.2) is 0 Å². The minimum Gasteiger partial charge on any atom is -0.321 e. The third-order valence-electron chi connectivity index (χ3n) is 3.16. The number of nitrogens with one attached hydrogen (secondary N) is 1. The molecule has 0 saturated heterocycles. The molecule has 1 N–H and O–H groups in total. The van der Waals surface area contributed by atoms with Crippen molar-refractivity contribution in [1.82, 2.24) is 0 Å². The van der Waals surface area contributed by atoms with Crippen molar-refractivity contribution in [3.8, 4) is 0 Å². The fourth-order valence-corrected chi connectivity index (χ4v) is 2.39. The van der Waals surface area contributed by atoms with Gasteiger partial charge in [-0.3, -0.25) is 4.79 Å². The molecule has 2 aromatic rings. The lowest BCUT2D eigenvalue weighted by Crippen LogP contribution is -2.15. The number of para-hydroxylation sites is 1. The number of anilines is 1. The van der Waals surface area contributed by atoms with Gasteiger partial charge in [-0.05, 0) is 49.6 Å². The Morgan fingerprint density at radius 3 is 2.26 bits per heavy atom. The van der Waals surface area contributed by atoms with Gasteiger partial charge in [0.1, 0.15) is 0 Å². The molecule has 0 aliphatic rings. The molecule has 98 valence electrons. The van der Waals surface area contributed by atoms with Crippen molar-refractivity contribution in [3.05, 3.63) is 63.1 Å². The normalized spacial score (nSPS) is 10.3. The van der Waals surface area contributed by atoms with Crippen LogP contribution in [0, 0.1) is 20.8 Å². The SMILES string of the molecule is Cc1ccc(Br)cc1C(=O)Nc1c(C)cccc1C. The quantitative estimate of drug-likeness (QED) is 0.859. The first-order valence-electron chi connectivity index (χ1n) is 6.13. The standard InChI is InChI=1S/C16H16BrNO/c1-10-7-8-13(17)9-14(10)16(19)18-15-11(2)5-4-6-12(15)3/h4-9H,1-3H3,(H,18,19). The van der Waals surface area contributed by atoms with E-state index in [0.717, 1.165) is 26.9 Å². The van der Waals surface area contributed by atoms with Crippen LogP contribution in [0.15, 0.2) is 40.9 Å². The Kier molecular flexibility index (Phi) is 4.05. The van der Waals surface area contributed by atoms with Gasteiger partial charge in [0.05, 0.1) is 0 Å². The minimum atomic E-state index is -0.0730. The Morgan fingerprint density at radius 1 is 1.00 bits per heavy atom. The second kappa shape index (κ2) is 5.57. The highest BCUT2D eigenvalue weighted by molar-refractivity contribution is 9.10. The van der Waals surface area contributed by atoms with Crippen LogP contribution in [0.25, 0.3) is 0 Å². The van der Waals surface area contributed by atoms with E-state index in [0.29, 0.717) is 5.56 Å². The van der Waals surface area contributed by atoms with Crippen LogP contribution in [0.5, 0.6) is 0 Å². The molecule has 19 heavy (non-hydrogen) atoms. The summed E-state index contributed by atoms with van der Waals surface area (Å²) in [4.78, 5) is 12.4. The van der Waals surface area contributed by atoms with Crippen LogP contribution in [-0.4, -0.2) is 5.91 Å². The van der Waals surface area contributed by atoms with E-state index < -0.39 is 0 Å². The second-order valence-corrected chi connectivity index (χ2v) is 5.60. The summed E-state index contributed by atoms with van der Waals surface area (Å²) in [5, 5.41) is 3.00. The summed E-state index contributed by atoms with van der Waals surface area (Å²) >= 11 is 3.40. The first-order chi connectivity index (χ1) is 8.99. The third kappa shape index (κ3) is 3.04. The Balaban J connectivity index is 2.34. The monoisotopic (exact) mass is 317 g/mol. The van der Waals surface area contributed by atoms with Crippen LogP contribution in [0.4, 0.5) is 5.69 Å². The summed E-state index contributed by atoms with van der Waals surface area (Å²) in [6.07, 6.45) is 0. The number of benzene rings is 2. The van der Waals surface area contributed by atoms with Crippen molar-refractivity contribution in [2.24, 2.45) is 0 Å². The molecular formula is C16H16BrNO. The van der Waals surface area contributed by atoms with Crippen molar-refractivity contribution in [3.63, 3.8) is 0 Å². The number of carbonyl (C=O) groups excluding carboxylic acids is 1. The van der Waals surface area contributed by atoms with Crippen molar-refractivity contribution < 1.29 is 4.79 Å². The predicted octanol–water partition coefficient (Wildman–Crippen LogP) is 4.63.